The lowest BCUT2D eigenvalue weighted by molar-refractivity contribution is 0.479. The van der Waals surface area contributed by atoms with Gasteiger partial charge in [0.25, 0.3) is 0 Å². The van der Waals surface area contributed by atoms with E-state index < -0.39 is 0 Å². The van der Waals surface area contributed by atoms with Gasteiger partial charge in [-0.1, -0.05) is 36.7 Å². The third-order valence-corrected chi connectivity index (χ3v) is 3.28. The average Bonchev–Trinajstić information content (AvgIpc) is 2.41. The third-order valence-electron chi connectivity index (χ3n) is 3.05. The summed E-state index contributed by atoms with van der Waals surface area (Å²) in [5.41, 5.74) is 1.23. The molecule has 3 heteroatoms. The van der Waals surface area contributed by atoms with E-state index in [4.69, 9.17) is 16.3 Å². The molecule has 0 amide bonds. The molecule has 0 fully saturated rings. The Kier molecular flexibility index (Phi) is 4.83. The highest BCUT2D eigenvalue weighted by molar-refractivity contribution is 6.30. The van der Waals surface area contributed by atoms with E-state index in [1.165, 1.54) is 5.56 Å². The molecule has 100 valence electrons. The van der Waals surface area contributed by atoms with E-state index in [-0.39, 0.29) is 0 Å². The summed E-state index contributed by atoms with van der Waals surface area (Å²) in [5.74, 6) is 1.58. The lowest BCUT2D eigenvalue weighted by Crippen LogP contribution is -2.14. The fourth-order valence-electron chi connectivity index (χ4n) is 2.07. The molecule has 0 aromatic heterocycles. The molecule has 0 heterocycles. The van der Waals surface area contributed by atoms with Crippen LogP contribution in [0.4, 0.5) is 0 Å². The van der Waals surface area contributed by atoms with E-state index in [0.29, 0.717) is 11.1 Å². The molecule has 0 saturated heterocycles. The van der Waals surface area contributed by atoms with Gasteiger partial charge >= 0.3 is 0 Å². The van der Waals surface area contributed by atoms with Crippen LogP contribution in [0.25, 0.3) is 0 Å². The highest BCUT2D eigenvalue weighted by atomic mass is 35.5. The van der Waals surface area contributed by atoms with Gasteiger partial charge in [-0.2, -0.15) is 0 Å². The van der Waals surface area contributed by atoms with Crippen LogP contribution in [0.1, 0.15) is 24.9 Å². The second-order valence-corrected chi connectivity index (χ2v) is 4.82. The first-order chi connectivity index (χ1) is 9.22. The van der Waals surface area contributed by atoms with Crippen LogP contribution in [0, 0.1) is 0 Å². The first-order valence-electron chi connectivity index (χ1n) is 6.43. The van der Waals surface area contributed by atoms with Crippen LogP contribution in [0.15, 0.2) is 48.5 Å². The standard InChI is InChI=1S/C16H18ClNO/c1-3-16(18-2)12-6-4-8-14(10-12)19-15-9-5-7-13(17)11-15/h4-11,16,18H,3H2,1-2H3. The van der Waals surface area contributed by atoms with Crippen LogP contribution < -0.4 is 10.1 Å². The number of hydrogen-bond acceptors (Lipinski definition) is 2. The molecule has 2 aromatic rings. The molecule has 0 saturated carbocycles. The molecule has 2 rings (SSSR count). The number of benzene rings is 2. The van der Waals surface area contributed by atoms with Crippen LogP contribution in [-0.2, 0) is 0 Å². The minimum atomic E-state index is 0.350. The second-order valence-electron chi connectivity index (χ2n) is 4.38. The lowest BCUT2D eigenvalue weighted by Gasteiger charge is -2.15. The summed E-state index contributed by atoms with van der Waals surface area (Å²) in [5, 5.41) is 3.97. The van der Waals surface area contributed by atoms with Crippen LogP contribution in [0.2, 0.25) is 5.02 Å². The Balaban J connectivity index is 2.19. The molecule has 2 nitrogen and oxygen atoms in total. The van der Waals surface area contributed by atoms with Crippen molar-refractivity contribution in [2.24, 2.45) is 0 Å². The number of rotatable bonds is 5. The first-order valence-corrected chi connectivity index (χ1v) is 6.81. The molecule has 0 spiro atoms. The van der Waals surface area contributed by atoms with Gasteiger partial charge in [-0.05, 0) is 49.4 Å². The molecule has 1 unspecified atom stereocenters. The van der Waals surface area contributed by atoms with Gasteiger partial charge in [0.05, 0.1) is 0 Å². The van der Waals surface area contributed by atoms with Crippen molar-refractivity contribution in [3.8, 4) is 11.5 Å². The largest absolute Gasteiger partial charge is 0.457 e. The van der Waals surface area contributed by atoms with Gasteiger partial charge in [0, 0.05) is 11.1 Å². The van der Waals surface area contributed by atoms with Gasteiger partial charge in [0.15, 0.2) is 0 Å². The van der Waals surface area contributed by atoms with Gasteiger partial charge < -0.3 is 10.1 Å². The molecule has 1 N–H and O–H groups in total. The summed E-state index contributed by atoms with van der Waals surface area (Å²) in [6, 6.07) is 15.9. The zero-order chi connectivity index (χ0) is 13.7. The van der Waals surface area contributed by atoms with E-state index in [1.54, 1.807) is 0 Å². The highest BCUT2D eigenvalue weighted by Crippen LogP contribution is 2.27. The maximum absolute atomic E-state index is 5.95. The Hall–Kier alpha value is -1.51. The van der Waals surface area contributed by atoms with E-state index in [9.17, 15) is 0 Å². The molecule has 0 radical (unpaired) electrons. The number of hydrogen-bond donors (Lipinski definition) is 1. The van der Waals surface area contributed by atoms with Crippen LogP contribution in [0.5, 0.6) is 11.5 Å². The summed E-state index contributed by atoms with van der Waals surface area (Å²) in [4.78, 5) is 0. The normalized spacial score (nSPS) is 12.2. The van der Waals surface area contributed by atoms with Crippen molar-refractivity contribution in [2.45, 2.75) is 19.4 Å². The number of ether oxygens (including phenoxy) is 1. The van der Waals surface area contributed by atoms with E-state index in [0.717, 1.165) is 17.9 Å². The molecule has 2 aromatic carbocycles. The molecule has 0 aliphatic heterocycles. The van der Waals surface area contributed by atoms with Gasteiger partial charge in [-0.15, -0.1) is 0 Å². The molecule has 0 aliphatic rings. The van der Waals surface area contributed by atoms with Crippen LogP contribution in [0.3, 0.4) is 0 Å². The Bertz CT molecular complexity index is 538. The van der Waals surface area contributed by atoms with Crippen molar-refractivity contribution >= 4 is 11.6 Å². The fourth-order valence-corrected chi connectivity index (χ4v) is 2.25. The van der Waals surface area contributed by atoms with Crippen molar-refractivity contribution in [1.29, 1.82) is 0 Å². The minimum absolute atomic E-state index is 0.350. The minimum Gasteiger partial charge on any atom is -0.457 e. The van der Waals surface area contributed by atoms with Crippen LogP contribution in [-0.4, -0.2) is 7.05 Å². The van der Waals surface area contributed by atoms with Crippen molar-refractivity contribution < 1.29 is 4.74 Å². The first kappa shape index (κ1) is 13.9. The molecule has 1 atom stereocenters. The van der Waals surface area contributed by atoms with E-state index >= 15 is 0 Å². The van der Waals surface area contributed by atoms with Crippen molar-refractivity contribution in [1.82, 2.24) is 5.32 Å². The number of halogens is 1. The predicted molar refractivity (Wildman–Crippen MR) is 80.1 cm³/mol. The molecule has 0 bridgehead atoms. The summed E-state index contributed by atoms with van der Waals surface area (Å²) >= 11 is 5.95. The van der Waals surface area contributed by atoms with E-state index in [1.807, 2.05) is 43.4 Å². The SMILES string of the molecule is CCC(NC)c1cccc(Oc2cccc(Cl)c2)c1. The topological polar surface area (TPSA) is 21.3 Å². The zero-order valence-electron chi connectivity index (χ0n) is 11.2. The smallest absolute Gasteiger partial charge is 0.128 e. The van der Waals surface area contributed by atoms with Gasteiger partial charge in [0.2, 0.25) is 0 Å². The fraction of sp³-hybridized carbons (Fsp3) is 0.250. The van der Waals surface area contributed by atoms with Crippen molar-refractivity contribution in [3.63, 3.8) is 0 Å². The Morgan fingerprint density at radius 3 is 2.42 bits per heavy atom. The average molecular weight is 276 g/mol. The van der Waals surface area contributed by atoms with E-state index in [2.05, 4.69) is 24.4 Å². The lowest BCUT2D eigenvalue weighted by atomic mass is 10.0. The molecular formula is C16H18ClNO. The molecular weight excluding hydrogens is 258 g/mol. The predicted octanol–water partition coefficient (Wildman–Crippen LogP) is 4.80. The maximum atomic E-state index is 5.95. The summed E-state index contributed by atoms with van der Waals surface area (Å²) in [7, 11) is 1.97. The third kappa shape index (κ3) is 3.72. The summed E-state index contributed by atoms with van der Waals surface area (Å²) in [6.45, 7) is 2.16. The van der Waals surface area contributed by atoms with Gasteiger partial charge in [-0.25, -0.2) is 0 Å². The summed E-state index contributed by atoms with van der Waals surface area (Å²) in [6.07, 6.45) is 1.04. The van der Waals surface area contributed by atoms with Crippen LogP contribution >= 0.6 is 11.6 Å². The quantitative estimate of drug-likeness (QED) is 0.846. The van der Waals surface area contributed by atoms with Gasteiger partial charge in [0.1, 0.15) is 11.5 Å². The summed E-state index contributed by atoms with van der Waals surface area (Å²) < 4.78 is 5.83. The molecule has 19 heavy (non-hydrogen) atoms. The maximum Gasteiger partial charge on any atom is 0.128 e. The Labute approximate surface area is 119 Å². The highest BCUT2D eigenvalue weighted by Gasteiger charge is 2.07. The zero-order valence-corrected chi connectivity index (χ0v) is 11.9. The monoisotopic (exact) mass is 275 g/mol. The second kappa shape index (κ2) is 6.60. The Morgan fingerprint density at radius 1 is 1.11 bits per heavy atom. The van der Waals surface area contributed by atoms with Gasteiger partial charge in [-0.3, -0.25) is 0 Å². The van der Waals surface area contributed by atoms with Crippen molar-refractivity contribution in [2.75, 3.05) is 7.05 Å². The van der Waals surface area contributed by atoms with Crippen molar-refractivity contribution in [3.05, 3.63) is 59.1 Å². The molecule has 0 aliphatic carbocycles. The Morgan fingerprint density at radius 2 is 1.79 bits per heavy atom. The number of nitrogens with one attached hydrogen (secondary N) is 1.